The number of nitrogens with zero attached hydrogens (tertiary/aromatic N) is 3. The maximum absolute atomic E-state index is 5.23. The molecule has 0 radical (unpaired) electrons. The van der Waals surface area contributed by atoms with Gasteiger partial charge in [0.15, 0.2) is 17.5 Å². The molecule has 4 saturated carbocycles. The van der Waals surface area contributed by atoms with Crippen LogP contribution in [0.2, 0.25) is 0 Å². The van der Waals surface area contributed by atoms with E-state index in [0.717, 1.165) is 34.1 Å². The summed E-state index contributed by atoms with van der Waals surface area (Å²) in [6.07, 6.45) is 6.94. The van der Waals surface area contributed by atoms with Gasteiger partial charge in [0, 0.05) is 42.3 Å². The van der Waals surface area contributed by atoms with Crippen LogP contribution in [0, 0.1) is 23.7 Å². The highest BCUT2D eigenvalue weighted by molar-refractivity contribution is 7.25. The molecule has 4 heteroatoms. The Morgan fingerprint density at radius 1 is 0.373 bits per heavy atom. The SMILES string of the molecule is c1ccc(-c2nc(-c3ccccc3)nc(-c3cc(-c4ccc5c(c4)C4(c6ccccc6-5)C5CC6CC(C5)CC4C6)cc(-c4ccc5sc6ccccc6c5c4)c3)n2)cc1. The quantitative estimate of drug-likeness (QED) is 0.175. The maximum atomic E-state index is 5.23. The number of benzene rings is 7. The Balaban J connectivity index is 1.03. The van der Waals surface area contributed by atoms with Crippen LogP contribution in [0.4, 0.5) is 0 Å². The summed E-state index contributed by atoms with van der Waals surface area (Å²) < 4.78 is 2.63. The first-order chi connectivity index (χ1) is 29.2. The first kappa shape index (κ1) is 33.7. The van der Waals surface area contributed by atoms with E-state index in [2.05, 4.69) is 127 Å². The van der Waals surface area contributed by atoms with Gasteiger partial charge in [0.05, 0.1) is 0 Å². The van der Waals surface area contributed by atoms with Gasteiger partial charge < -0.3 is 0 Å². The zero-order valence-electron chi connectivity index (χ0n) is 32.7. The Hall–Kier alpha value is -6.23. The molecule has 282 valence electrons. The highest BCUT2D eigenvalue weighted by Gasteiger charge is 2.61. The van der Waals surface area contributed by atoms with Crippen LogP contribution in [0.3, 0.4) is 0 Å². The van der Waals surface area contributed by atoms with E-state index in [-0.39, 0.29) is 5.41 Å². The average Bonchev–Trinajstić information content (AvgIpc) is 3.81. The summed E-state index contributed by atoms with van der Waals surface area (Å²) in [5.74, 6) is 5.25. The lowest BCUT2D eigenvalue weighted by Crippen LogP contribution is -2.55. The highest BCUT2D eigenvalue weighted by Crippen LogP contribution is 2.69. The van der Waals surface area contributed by atoms with Crippen LogP contribution in [0.15, 0.2) is 164 Å². The largest absolute Gasteiger partial charge is 0.208 e. The first-order valence-electron chi connectivity index (χ1n) is 21.3. The summed E-state index contributed by atoms with van der Waals surface area (Å²) >= 11 is 1.86. The van der Waals surface area contributed by atoms with Gasteiger partial charge in [-0.15, -0.1) is 11.3 Å². The standard InChI is InChI=1S/C55H41N3S/c1-3-11-35(12-4-1)52-56-53(36-13-5-2-6-14-36)58-54(57-52)41-29-39(37-20-22-51-47(31-37)46-16-8-10-18-50(46)59-51)28-40(30-41)38-19-21-45-44-15-7-9-17-48(44)55(49(45)32-38)42-24-33-23-34(26-42)27-43(55)25-33/h1-22,28-34,42-43H,23-27H2. The Bertz CT molecular complexity index is 3040. The van der Waals surface area contributed by atoms with Crippen LogP contribution in [-0.2, 0) is 5.41 Å². The predicted molar refractivity (Wildman–Crippen MR) is 243 cm³/mol. The molecular formula is C55H41N3S. The Labute approximate surface area is 348 Å². The third-order valence-corrected chi connectivity index (χ3v) is 15.6. The molecule has 9 aromatic rings. The molecule has 0 aliphatic heterocycles. The third-order valence-electron chi connectivity index (χ3n) is 14.5. The van der Waals surface area contributed by atoms with Crippen molar-refractivity contribution in [1.29, 1.82) is 0 Å². The molecular weight excluding hydrogens is 735 g/mol. The van der Waals surface area contributed by atoms with E-state index in [4.69, 9.17) is 15.0 Å². The second-order valence-electron chi connectivity index (χ2n) is 17.6. The lowest BCUT2D eigenvalue weighted by molar-refractivity contribution is -0.0399. The molecule has 0 atom stereocenters. The lowest BCUT2D eigenvalue weighted by atomic mass is 9.43. The van der Waals surface area contributed by atoms with E-state index in [1.54, 1.807) is 11.1 Å². The Morgan fingerprint density at radius 3 is 1.59 bits per heavy atom. The van der Waals surface area contributed by atoms with E-state index >= 15 is 0 Å². The van der Waals surface area contributed by atoms with Crippen LogP contribution >= 0.6 is 11.3 Å². The monoisotopic (exact) mass is 775 g/mol. The van der Waals surface area contributed by atoms with Crippen molar-refractivity contribution in [3.05, 3.63) is 175 Å². The second kappa shape index (κ2) is 12.9. The summed E-state index contributed by atoms with van der Waals surface area (Å²) in [6.45, 7) is 0. The smallest absolute Gasteiger partial charge is 0.164 e. The predicted octanol–water partition coefficient (Wildman–Crippen LogP) is 14.3. The number of aromatic nitrogens is 3. The fourth-order valence-electron chi connectivity index (χ4n) is 12.3. The minimum atomic E-state index is 0.101. The fraction of sp³-hybridized carbons (Fsp3) is 0.182. The summed E-state index contributed by atoms with van der Waals surface area (Å²) in [5, 5.41) is 2.61. The number of fused-ring (bicyclic) bond motifs is 6. The minimum Gasteiger partial charge on any atom is -0.208 e. The van der Waals surface area contributed by atoms with E-state index in [0.29, 0.717) is 29.3 Å². The summed E-state index contributed by atoms with van der Waals surface area (Å²) in [6, 6.07) is 60.2. The van der Waals surface area contributed by atoms with Crippen molar-refractivity contribution in [3.8, 4) is 67.5 Å². The molecule has 7 aromatic carbocycles. The normalized spacial score (nSPS) is 22.3. The Kier molecular flexibility index (Phi) is 7.36. The molecule has 2 heterocycles. The van der Waals surface area contributed by atoms with Gasteiger partial charge in [0.1, 0.15) is 0 Å². The van der Waals surface area contributed by atoms with Gasteiger partial charge in [0.2, 0.25) is 0 Å². The van der Waals surface area contributed by atoms with E-state index in [9.17, 15) is 0 Å². The third kappa shape index (κ3) is 5.15. The van der Waals surface area contributed by atoms with E-state index in [1.165, 1.54) is 80.1 Å². The molecule has 2 aromatic heterocycles. The number of hydrogen-bond donors (Lipinski definition) is 0. The van der Waals surface area contributed by atoms with Gasteiger partial charge in [-0.2, -0.15) is 0 Å². The molecule has 4 fully saturated rings. The van der Waals surface area contributed by atoms with Gasteiger partial charge in [-0.1, -0.05) is 121 Å². The van der Waals surface area contributed by atoms with Crippen molar-refractivity contribution in [1.82, 2.24) is 15.0 Å². The van der Waals surface area contributed by atoms with Crippen molar-refractivity contribution in [3.63, 3.8) is 0 Å². The maximum Gasteiger partial charge on any atom is 0.164 e. The summed E-state index contributed by atoms with van der Waals surface area (Å²) in [4.78, 5) is 15.5. The Morgan fingerprint density at radius 2 is 0.898 bits per heavy atom. The molecule has 0 unspecified atom stereocenters. The molecule has 14 rings (SSSR count). The molecule has 0 saturated heterocycles. The molecule has 4 bridgehead atoms. The summed E-state index contributed by atoms with van der Waals surface area (Å²) in [7, 11) is 0. The number of thiophene rings is 1. The van der Waals surface area contributed by atoms with Crippen molar-refractivity contribution in [2.75, 3.05) is 0 Å². The van der Waals surface area contributed by atoms with Crippen LogP contribution in [0.25, 0.3) is 87.7 Å². The van der Waals surface area contributed by atoms with Crippen LogP contribution < -0.4 is 0 Å². The molecule has 59 heavy (non-hydrogen) atoms. The van der Waals surface area contributed by atoms with Crippen LogP contribution in [0.1, 0.15) is 43.2 Å². The van der Waals surface area contributed by atoms with Gasteiger partial charge >= 0.3 is 0 Å². The fourth-order valence-corrected chi connectivity index (χ4v) is 13.4. The van der Waals surface area contributed by atoms with Gasteiger partial charge in [-0.25, -0.2) is 15.0 Å². The van der Waals surface area contributed by atoms with Crippen molar-refractivity contribution in [2.45, 2.75) is 37.5 Å². The molecule has 3 nitrogen and oxygen atoms in total. The molecule has 0 amide bonds. The summed E-state index contributed by atoms with van der Waals surface area (Å²) in [5.41, 5.74) is 13.9. The first-order valence-corrected chi connectivity index (χ1v) is 22.2. The van der Waals surface area contributed by atoms with E-state index < -0.39 is 0 Å². The molecule has 5 aliphatic carbocycles. The van der Waals surface area contributed by atoms with E-state index in [1.807, 2.05) is 47.7 Å². The van der Waals surface area contributed by atoms with Crippen LogP contribution in [-0.4, -0.2) is 15.0 Å². The zero-order valence-corrected chi connectivity index (χ0v) is 33.5. The van der Waals surface area contributed by atoms with Crippen molar-refractivity contribution in [2.24, 2.45) is 23.7 Å². The number of hydrogen-bond acceptors (Lipinski definition) is 4. The van der Waals surface area contributed by atoms with Gasteiger partial charge in [0.25, 0.3) is 0 Å². The molecule has 1 spiro atoms. The van der Waals surface area contributed by atoms with Crippen molar-refractivity contribution < 1.29 is 0 Å². The van der Waals surface area contributed by atoms with Crippen molar-refractivity contribution >= 4 is 31.5 Å². The molecule has 0 N–H and O–H groups in total. The lowest BCUT2D eigenvalue weighted by Gasteiger charge is -2.61. The van der Waals surface area contributed by atoms with Crippen LogP contribution in [0.5, 0.6) is 0 Å². The molecule has 5 aliphatic rings. The van der Waals surface area contributed by atoms with Gasteiger partial charge in [-0.3, -0.25) is 0 Å². The van der Waals surface area contributed by atoms with Gasteiger partial charge in [-0.05, 0) is 143 Å². The highest BCUT2D eigenvalue weighted by atomic mass is 32.1. The zero-order chi connectivity index (χ0) is 38.7. The number of rotatable bonds is 5. The average molecular weight is 776 g/mol. The topological polar surface area (TPSA) is 38.7 Å². The second-order valence-corrected chi connectivity index (χ2v) is 18.7. The minimum absolute atomic E-state index is 0.101.